The molecule has 0 saturated carbocycles. The number of carbonyl (C=O) groups excluding carboxylic acids is 1. The Hall–Kier alpha value is -1.29. The number of alkyl halides is 3. The fourth-order valence-electron chi connectivity index (χ4n) is 1.61. The van der Waals surface area contributed by atoms with E-state index in [0.717, 1.165) is 20.2 Å². The third kappa shape index (κ3) is 4.87. The van der Waals surface area contributed by atoms with Crippen molar-refractivity contribution in [1.29, 1.82) is 0 Å². The zero-order chi connectivity index (χ0) is 16.3. The summed E-state index contributed by atoms with van der Waals surface area (Å²) in [7, 11) is 0. The van der Waals surface area contributed by atoms with Gasteiger partial charge in [0.1, 0.15) is 5.75 Å². The normalized spacial score (nSPS) is 11.1. The molecular weight excluding hydrogens is 478 g/mol. The molecule has 1 amide bonds. The topological polar surface area (TPSA) is 38.3 Å². The Morgan fingerprint density at radius 3 is 2.36 bits per heavy atom. The Morgan fingerprint density at radius 1 is 1.14 bits per heavy atom. The molecule has 0 spiro atoms. The van der Waals surface area contributed by atoms with Crippen LogP contribution in [0.5, 0.6) is 5.75 Å². The van der Waals surface area contributed by atoms with Gasteiger partial charge >= 0.3 is 6.36 Å². The van der Waals surface area contributed by atoms with Crippen LogP contribution in [-0.2, 0) is 0 Å². The van der Waals surface area contributed by atoms with Crippen molar-refractivity contribution in [3.63, 3.8) is 0 Å². The third-order valence-electron chi connectivity index (χ3n) is 2.52. The monoisotopic (exact) mass is 485 g/mol. The molecule has 0 radical (unpaired) electrons. The highest BCUT2D eigenvalue weighted by molar-refractivity contribution is 14.1. The Balaban J connectivity index is 2.10. The van der Waals surface area contributed by atoms with E-state index in [1.807, 2.05) is 28.7 Å². The number of anilines is 1. The maximum atomic E-state index is 12.2. The number of rotatable bonds is 3. The average molecular weight is 486 g/mol. The van der Waals surface area contributed by atoms with E-state index >= 15 is 0 Å². The second-order valence-corrected chi connectivity index (χ2v) is 6.23. The van der Waals surface area contributed by atoms with Crippen molar-refractivity contribution in [2.75, 3.05) is 5.32 Å². The highest BCUT2D eigenvalue weighted by atomic mass is 127. The number of amides is 1. The molecule has 0 aliphatic heterocycles. The summed E-state index contributed by atoms with van der Waals surface area (Å²) in [6, 6.07) is 10.2. The molecule has 2 rings (SSSR count). The van der Waals surface area contributed by atoms with Gasteiger partial charge in [0.15, 0.2) is 0 Å². The first-order chi connectivity index (χ1) is 10.2. The van der Waals surface area contributed by atoms with Gasteiger partial charge in [-0.15, -0.1) is 13.2 Å². The van der Waals surface area contributed by atoms with Crippen LogP contribution < -0.4 is 10.1 Å². The van der Waals surface area contributed by atoms with Gasteiger partial charge in [0.05, 0.1) is 5.56 Å². The highest BCUT2D eigenvalue weighted by Crippen LogP contribution is 2.25. The molecule has 0 atom stereocenters. The molecule has 22 heavy (non-hydrogen) atoms. The minimum Gasteiger partial charge on any atom is -0.406 e. The number of halogens is 5. The molecule has 116 valence electrons. The van der Waals surface area contributed by atoms with Crippen LogP contribution in [0.3, 0.4) is 0 Å². The number of nitrogens with one attached hydrogen (secondary N) is 1. The van der Waals surface area contributed by atoms with Crippen molar-refractivity contribution < 1.29 is 22.7 Å². The van der Waals surface area contributed by atoms with Gasteiger partial charge in [-0.1, -0.05) is 15.9 Å². The summed E-state index contributed by atoms with van der Waals surface area (Å²) in [4.78, 5) is 12.2. The molecule has 1 N–H and O–H groups in total. The Kier molecular flexibility index (Phi) is 5.32. The predicted molar refractivity (Wildman–Crippen MR) is 87.9 cm³/mol. The van der Waals surface area contributed by atoms with E-state index in [-0.39, 0.29) is 11.7 Å². The predicted octanol–water partition coefficient (Wildman–Crippen LogP) is 5.20. The van der Waals surface area contributed by atoms with Gasteiger partial charge in [0.25, 0.3) is 5.91 Å². The highest BCUT2D eigenvalue weighted by Gasteiger charge is 2.30. The summed E-state index contributed by atoms with van der Waals surface area (Å²) in [6.45, 7) is 0. The molecule has 0 aromatic heterocycles. The molecule has 0 fully saturated rings. The maximum Gasteiger partial charge on any atom is 0.573 e. The fourth-order valence-corrected chi connectivity index (χ4v) is 2.55. The number of hydrogen-bond acceptors (Lipinski definition) is 2. The lowest BCUT2D eigenvalue weighted by molar-refractivity contribution is -0.274. The minimum atomic E-state index is -4.74. The SMILES string of the molecule is O=C(Nc1ccc(OC(F)(F)F)cc1)c1cc(Br)ccc1I. The van der Waals surface area contributed by atoms with Gasteiger partial charge < -0.3 is 10.1 Å². The smallest absolute Gasteiger partial charge is 0.406 e. The maximum absolute atomic E-state index is 12.2. The molecule has 0 saturated heterocycles. The van der Waals surface area contributed by atoms with Crippen molar-refractivity contribution in [2.24, 2.45) is 0 Å². The standard InChI is InChI=1S/C14H8BrF3INO2/c15-8-1-6-12(19)11(7-8)13(21)20-9-2-4-10(5-3-9)22-14(16,17)18/h1-7H,(H,20,21). The van der Waals surface area contributed by atoms with Gasteiger partial charge in [-0.25, -0.2) is 0 Å². The second-order valence-electron chi connectivity index (χ2n) is 4.15. The minimum absolute atomic E-state index is 0.345. The van der Waals surface area contributed by atoms with Crippen molar-refractivity contribution in [2.45, 2.75) is 6.36 Å². The molecule has 8 heteroatoms. The van der Waals surface area contributed by atoms with Gasteiger partial charge in [-0.05, 0) is 65.1 Å². The van der Waals surface area contributed by atoms with E-state index in [1.54, 1.807) is 12.1 Å². The lowest BCUT2D eigenvalue weighted by Gasteiger charge is -2.10. The number of hydrogen-bond donors (Lipinski definition) is 1. The van der Waals surface area contributed by atoms with E-state index in [9.17, 15) is 18.0 Å². The van der Waals surface area contributed by atoms with E-state index in [2.05, 4.69) is 26.0 Å². The third-order valence-corrected chi connectivity index (χ3v) is 3.95. The van der Waals surface area contributed by atoms with Crippen LogP contribution >= 0.6 is 38.5 Å². The summed E-state index contributed by atoms with van der Waals surface area (Å²) >= 11 is 5.31. The molecule has 0 aliphatic carbocycles. The van der Waals surface area contributed by atoms with Crippen LogP contribution in [0.25, 0.3) is 0 Å². The molecular formula is C14H8BrF3INO2. The summed E-state index contributed by atoms with van der Waals surface area (Å²) in [5.41, 5.74) is 0.834. The largest absolute Gasteiger partial charge is 0.573 e. The first-order valence-corrected chi connectivity index (χ1v) is 7.74. The quantitative estimate of drug-likeness (QED) is 0.606. The van der Waals surface area contributed by atoms with Gasteiger partial charge in [-0.3, -0.25) is 4.79 Å². The molecule has 2 aromatic rings. The number of carbonyl (C=O) groups is 1. The Bertz CT molecular complexity index is 689. The lowest BCUT2D eigenvalue weighted by Crippen LogP contribution is -2.17. The van der Waals surface area contributed by atoms with Crippen LogP contribution in [0.4, 0.5) is 18.9 Å². The van der Waals surface area contributed by atoms with Gasteiger partial charge in [-0.2, -0.15) is 0 Å². The van der Waals surface area contributed by atoms with Crippen molar-refractivity contribution in [3.05, 3.63) is 56.1 Å². The molecule has 0 unspecified atom stereocenters. The van der Waals surface area contributed by atoms with Crippen molar-refractivity contribution in [1.82, 2.24) is 0 Å². The number of benzene rings is 2. The Morgan fingerprint density at radius 2 is 1.77 bits per heavy atom. The van der Waals surface area contributed by atoms with Crippen LogP contribution in [0, 0.1) is 3.57 Å². The van der Waals surface area contributed by atoms with Gasteiger partial charge in [0, 0.05) is 13.7 Å². The zero-order valence-corrected chi connectivity index (χ0v) is 14.5. The average Bonchev–Trinajstić information content (AvgIpc) is 2.42. The molecule has 3 nitrogen and oxygen atoms in total. The summed E-state index contributed by atoms with van der Waals surface area (Å²) in [5.74, 6) is -0.697. The molecule has 2 aromatic carbocycles. The van der Waals surface area contributed by atoms with Crippen LogP contribution in [0.2, 0.25) is 0 Å². The summed E-state index contributed by atoms with van der Waals surface area (Å²) in [6.07, 6.45) is -4.74. The molecule has 0 heterocycles. The van der Waals surface area contributed by atoms with E-state index in [0.29, 0.717) is 11.3 Å². The van der Waals surface area contributed by atoms with E-state index in [1.165, 1.54) is 12.1 Å². The second kappa shape index (κ2) is 6.86. The Labute approximate surface area is 146 Å². The van der Waals surface area contributed by atoms with Crippen molar-refractivity contribution >= 4 is 50.1 Å². The van der Waals surface area contributed by atoms with E-state index in [4.69, 9.17) is 0 Å². The fraction of sp³-hybridized carbons (Fsp3) is 0.0714. The van der Waals surface area contributed by atoms with E-state index < -0.39 is 6.36 Å². The molecule has 0 bridgehead atoms. The summed E-state index contributed by atoms with van der Waals surface area (Å²) < 4.78 is 41.5. The first-order valence-electron chi connectivity index (χ1n) is 5.87. The first kappa shape index (κ1) is 17.1. The number of ether oxygens (including phenoxy) is 1. The van der Waals surface area contributed by atoms with Crippen molar-refractivity contribution in [3.8, 4) is 5.75 Å². The summed E-state index contributed by atoms with van der Waals surface area (Å²) in [5, 5.41) is 2.61. The van der Waals surface area contributed by atoms with Gasteiger partial charge in [0.2, 0.25) is 0 Å². The van der Waals surface area contributed by atoms with Crippen LogP contribution in [0.1, 0.15) is 10.4 Å². The van der Waals surface area contributed by atoms with Crippen LogP contribution in [-0.4, -0.2) is 12.3 Å². The lowest BCUT2D eigenvalue weighted by atomic mass is 10.2. The van der Waals surface area contributed by atoms with Crippen LogP contribution in [0.15, 0.2) is 46.9 Å². The zero-order valence-electron chi connectivity index (χ0n) is 10.7. The molecule has 0 aliphatic rings.